The number of rotatable bonds is 6. The van der Waals surface area contributed by atoms with Crippen LogP contribution in [0.15, 0.2) is 48.5 Å². The Labute approximate surface area is 219 Å². The molecule has 1 aliphatic heterocycles. The first-order valence-electron chi connectivity index (χ1n) is 11.8. The van der Waals surface area contributed by atoms with Crippen LogP contribution >= 0.6 is 0 Å². The predicted octanol–water partition coefficient (Wildman–Crippen LogP) is 4.24. The van der Waals surface area contributed by atoms with E-state index < -0.39 is 46.9 Å². The lowest BCUT2D eigenvalue weighted by Crippen LogP contribution is -2.48. The highest BCUT2D eigenvalue weighted by molar-refractivity contribution is 5.87. The maximum absolute atomic E-state index is 13.2. The van der Waals surface area contributed by atoms with Crippen molar-refractivity contribution >= 4 is 23.8 Å². The van der Waals surface area contributed by atoms with Crippen molar-refractivity contribution in [1.82, 2.24) is 10.2 Å². The number of carbonyl (C=O) groups is 3. The summed E-state index contributed by atoms with van der Waals surface area (Å²) in [6.07, 6.45) is -2.69. The van der Waals surface area contributed by atoms with Gasteiger partial charge in [0, 0.05) is 18.6 Å². The first-order valence-corrected chi connectivity index (χ1v) is 11.8. The third-order valence-electron chi connectivity index (χ3n) is 5.60. The molecule has 3 rings (SSSR count). The monoisotopic (exact) mass is 524 g/mol. The molecule has 12 nitrogen and oxygen atoms in total. The van der Waals surface area contributed by atoms with Crippen molar-refractivity contribution in [2.75, 3.05) is 6.54 Å². The van der Waals surface area contributed by atoms with E-state index in [9.17, 15) is 24.5 Å². The van der Waals surface area contributed by atoms with Crippen molar-refractivity contribution in [3.8, 4) is 11.8 Å². The molecular formula is C26H28N4O8. The molecular weight excluding hydrogens is 496 g/mol. The van der Waals surface area contributed by atoms with Crippen LogP contribution in [-0.2, 0) is 14.3 Å². The summed E-state index contributed by atoms with van der Waals surface area (Å²) in [7, 11) is 0. The molecule has 1 aliphatic rings. The lowest BCUT2D eigenvalue weighted by Gasteiger charge is -2.28. The third kappa shape index (κ3) is 7.42. The quantitative estimate of drug-likeness (QED) is 0.252. The summed E-state index contributed by atoms with van der Waals surface area (Å²) in [5.41, 5.74) is 0.263. The van der Waals surface area contributed by atoms with Gasteiger partial charge in [0.25, 0.3) is 5.69 Å². The molecule has 2 amide bonds. The smallest absolute Gasteiger partial charge is 0.444 e. The molecule has 38 heavy (non-hydrogen) atoms. The number of nitriles is 1. The van der Waals surface area contributed by atoms with E-state index in [0.29, 0.717) is 5.56 Å². The highest BCUT2D eigenvalue weighted by atomic mass is 16.7. The maximum Gasteiger partial charge on any atom is 0.514 e. The van der Waals surface area contributed by atoms with Crippen molar-refractivity contribution < 1.29 is 33.5 Å². The maximum atomic E-state index is 13.2. The topological polar surface area (TPSA) is 161 Å². The van der Waals surface area contributed by atoms with Crippen LogP contribution in [0.5, 0.6) is 5.75 Å². The fourth-order valence-electron chi connectivity index (χ4n) is 3.79. The molecule has 2 aromatic rings. The summed E-state index contributed by atoms with van der Waals surface area (Å²) in [4.78, 5) is 49.8. The number of hydrogen-bond donors (Lipinski definition) is 1. The van der Waals surface area contributed by atoms with Gasteiger partial charge in [-0.3, -0.25) is 19.8 Å². The molecule has 1 unspecified atom stereocenters. The van der Waals surface area contributed by atoms with Crippen LogP contribution in [0.3, 0.4) is 0 Å². The lowest BCUT2D eigenvalue weighted by molar-refractivity contribution is -0.384. The van der Waals surface area contributed by atoms with E-state index in [1.165, 1.54) is 29.2 Å². The molecule has 0 aromatic heterocycles. The first kappa shape index (κ1) is 27.9. The van der Waals surface area contributed by atoms with Gasteiger partial charge in [-0.15, -0.1) is 0 Å². The minimum Gasteiger partial charge on any atom is -0.444 e. The van der Waals surface area contributed by atoms with Gasteiger partial charge in [0.05, 0.1) is 29.1 Å². The molecule has 3 atom stereocenters. The molecule has 1 fully saturated rings. The molecule has 0 spiro atoms. The van der Waals surface area contributed by atoms with Crippen LogP contribution in [0.4, 0.5) is 15.3 Å². The number of likely N-dealkylation sites (tertiary alicyclic amines) is 1. The fourth-order valence-corrected chi connectivity index (χ4v) is 3.79. The summed E-state index contributed by atoms with van der Waals surface area (Å²) in [6, 6.07) is 12.2. The number of hydrogen-bond acceptors (Lipinski definition) is 9. The Morgan fingerprint density at radius 1 is 1.13 bits per heavy atom. The van der Waals surface area contributed by atoms with Gasteiger partial charge in [-0.1, -0.05) is 12.1 Å². The molecule has 0 bridgehead atoms. The average Bonchev–Trinajstić information content (AvgIpc) is 3.27. The largest absolute Gasteiger partial charge is 0.514 e. The van der Waals surface area contributed by atoms with Gasteiger partial charge >= 0.3 is 12.2 Å². The first-order chi connectivity index (χ1) is 17.9. The van der Waals surface area contributed by atoms with Crippen molar-refractivity contribution in [2.24, 2.45) is 0 Å². The van der Waals surface area contributed by atoms with Crippen LogP contribution in [-0.4, -0.2) is 52.3 Å². The van der Waals surface area contributed by atoms with Gasteiger partial charge in [-0.2, -0.15) is 5.26 Å². The second-order valence-corrected chi connectivity index (χ2v) is 9.69. The van der Waals surface area contributed by atoms with Crippen molar-refractivity contribution in [3.63, 3.8) is 0 Å². The number of nitrogens with one attached hydrogen (secondary N) is 1. The zero-order chi connectivity index (χ0) is 28.0. The van der Waals surface area contributed by atoms with E-state index in [2.05, 4.69) is 5.32 Å². The highest BCUT2D eigenvalue weighted by Crippen LogP contribution is 2.26. The van der Waals surface area contributed by atoms with E-state index >= 15 is 0 Å². The van der Waals surface area contributed by atoms with Crippen LogP contribution in [0.25, 0.3) is 0 Å². The molecule has 1 heterocycles. The van der Waals surface area contributed by atoms with Gasteiger partial charge in [0.2, 0.25) is 5.91 Å². The zero-order valence-corrected chi connectivity index (χ0v) is 21.4. The number of non-ortho nitro benzene ring substituents is 1. The van der Waals surface area contributed by atoms with Crippen molar-refractivity contribution in [1.29, 1.82) is 5.26 Å². The Kier molecular flexibility index (Phi) is 8.52. The summed E-state index contributed by atoms with van der Waals surface area (Å²) < 4.78 is 15.9. The second-order valence-electron chi connectivity index (χ2n) is 9.69. The van der Waals surface area contributed by atoms with Gasteiger partial charge < -0.3 is 19.5 Å². The fraction of sp³-hybridized carbons (Fsp3) is 0.385. The summed E-state index contributed by atoms with van der Waals surface area (Å²) >= 11 is 0. The average molecular weight is 525 g/mol. The van der Waals surface area contributed by atoms with E-state index in [-0.39, 0.29) is 24.4 Å². The second kappa shape index (κ2) is 11.6. The summed E-state index contributed by atoms with van der Waals surface area (Å²) in [6.45, 7) is 6.74. The number of amides is 2. The molecule has 0 saturated carbocycles. The van der Waals surface area contributed by atoms with Gasteiger partial charge in [-0.05, 0) is 57.5 Å². The molecule has 12 heteroatoms. The minimum absolute atomic E-state index is 0.000524. The molecule has 200 valence electrons. The van der Waals surface area contributed by atoms with E-state index in [0.717, 1.165) is 5.56 Å². The normalized spacial score (nSPS) is 17.6. The molecule has 1 N–H and O–H groups in total. The zero-order valence-electron chi connectivity index (χ0n) is 21.4. The minimum atomic E-state index is -1.08. The Bertz CT molecular complexity index is 1230. The number of ether oxygens (including phenoxy) is 3. The number of nitro benzene ring substituents is 1. The predicted molar refractivity (Wildman–Crippen MR) is 133 cm³/mol. The summed E-state index contributed by atoms with van der Waals surface area (Å²) in [5.74, 6) is -0.435. The lowest BCUT2D eigenvalue weighted by atomic mass is 10.1. The number of benzene rings is 2. The van der Waals surface area contributed by atoms with E-state index in [1.54, 1.807) is 52.0 Å². The summed E-state index contributed by atoms with van der Waals surface area (Å²) in [5, 5.41) is 22.6. The molecule has 0 radical (unpaired) electrons. The number of nitrogens with zero attached hydrogens (tertiary/aromatic N) is 3. The van der Waals surface area contributed by atoms with Crippen molar-refractivity contribution in [3.05, 3.63) is 69.8 Å². The van der Waals surface area contributed by atoms with Crippen molar-refractivity contribution in [2.45, 2.75) is 57.9 Å². The van der Waals surface area contributed by atoms with Gasteiger partial charge in [0.15, 0.2) is 0 Å². The highest BCUT2D eigenvalue weighted by Gasteiger charge is 2.43. The van der Waals surface area contributed by atoms with Crippen LogP contribution in [0.1, 0.15) is 51.3 Å². The molecule has 0 aliphatic carbocycles. The number of carbonyl (C=O) groups excluding carboxylic acids is 3. The Morgan fingerprint density at radius 2 is 1.76 bits per heavy atom. The Hall–Kier alpha value is -4.66. The molecule has 2 aromatic carbocycles. The molecule has 1 saturated heterocycles. The van der Waals surface area contributed by atoms with Crippen LogP contribution in [0, 0.1) is 21.4 Å². The van der Waals surface area contributed by atoms with Gasteiger partial charge in [-0.25, -0.2) is 9.59 Å². The van der Waals surface area contributed by atoms with Crippen LogP contribution < -0.4 is 10.1 Å². The van der Waals surface area contributed by atoms with E-state index in [4.69, 9.17) is 19.5 Å². The standard InChI is InChI=1S/C26H28N4O8/c1-16(18-7-5-17(14-27)6-8-18)28-23(31)22-13-21(15-29(22)24(32)38-26(2,3)4)37-25(33)36-20-11-9-19(10-12-20)30(34)35/h5-12,16,21-22H,13,15H2,1-4H3,(H,28,31)/t16?,21-,22+/m1/s1. The SMILES string of the molecule is CC(NC(=O)[C@@H]1C[C@@H](OC(=O)Oc2ccc([N+](=O)[O-])cc2)CN1C(=O)OC(C)(C)C)c1ccc(C#N)cc1. The van der Waals surface area contributed by atoms with E-state index in [1.807, 2.05) is 6.07 Å². The van der Waals surface area contributed by atoms with Crippen LogP contribution in [0.2, 0.25) is 0 Å². The Morgan fingerprint density at radius 3 is 2.32 bits per heavy atom. The Balaban J connectivity index is 1.69. The number of nitro groups is 1. The van der Waals surface area contributed by atoms with Gasteiger partial charge in [0.1, 0.15) is 23.5 Å². The third-order valence-corrected chi connectivity index (χ3v) is 5.60.